The Kier molecular flexibility index (Phi) is 4.21. The van der Waals surface area contributed by atoms with Gasteiger partial charge in [0.05, 0.1) is 16.9 Å². The molecular formula is C19H24N4O2. The van der Waals surface area contributed by atoms with Crippen molar-refractivity contribution >= 4 is 11.8 Å². The zero-order valence-electron chi connectivity index (χ0n) is 14.5. The maximum absolute atomic E-state index is 11.3. The van der Waals surface area contributed by atoms with Crippen LogP contribution < -0.4 is 5.32 Å². The zero-order valence-corrected chi connectivity index (χ0v) is 14.5. The molecule has 6 heteroatoms. The van der Waals surface area contributed by atoms with Gasteiger partial charge in [0.1, 0.15) is 5.82 Å². The molecule has 0 amide bonds. The third-order valence-electron chi connectivity index (χ3n) is 5.36. The lowest BCUT2D eigenvalue weighted by molar-refractivity contribution is 0.0697. The maximum atomic E-state index is 11.3. The topological polar surface area (TPSA) is 70.4 Å². The fourth-order valence-corrected chi connectivity index (χ4v) is 4.05. The standard InChI is InChI=1S/C19H24N4O2/c1-2-22-10-4-6-14(12-22)17-16-8-9-20-18(16)23(21-17)15-7-3-5-13(11-15)19(24)25/h3,5,7,11,14,20H,2,4,6,8-10,12H2,1H3,(H,24,25). The van der Waals surface area contributed by atoms with Crippen molar-refractivity contribution in [3.05, 3.63) is 41.1 Å². The fourth-order valence-electron chi connectivity index (χ4n) is 4.05. The Morgan fingerprint density at radius 3 is 3.12 bits per heavy atom. The summed E-state index contributed by atoms with van der Waals surface area (Å²) >= 11 is 0. The van der Waals surface area contributed by atoms with Gasteiger partial charge in [-0.2, -0.15) is 5.10 Å². The predicted molar refractivity (Wildman–Crippen MR) is 96.8 cm³/mol. The number of hydrogen-bond acceptors (Lipinski definition) is 4. The summed E-state index contributed by atoms with van der Waals surface area (Å²) in [6, 6.07) is 7.01. The number of likely N-dealkylation sites (tertiary alicyclic amines) is 1. The van der Waals surface area contributed by atoms with E-state index in [9.17, 15) is 9.90 Å². The average Bonchev–Trinajstić information content (AvgIpc) is 3.24. The van der Waals surface area contributed by atoms with Crippen LogP contribution in [0.3, 0.4) is 0 Å². The number of likely N-dealkylation sites (N-methyl/N-ethyl adjacent to an activating group) is 1. The number of benzene rings is 1. The fraction of sp³-hybridized carbons (Fsp3) is 0.474. The van der Waals surface area contributed by atoms with Gasteiger partial charge in [-0.3, -0.25) is 0 Å². The summed E-state index contributed by atoms with van der Waals surface area (Å²) in [7, 11) is 0. The summed E-state index contributed by atoms with van der Waals surface area (Å²) in [5.41, 5.74) is 3.60. The summed E-state index contributed by atoms with van der Waals surface area (Å²) in [5, 5.41) is 17.6. The third-order valence-corrected chi connectivity index (χ3v) is 5.36. The van der Waals surface area contributed by atoms with E-state index in [0.29, 0.717) is 5.92 Å². The Morgan fingerprint density at radius 2 is 2.32 bits per heavy atom. The van der Waals surface area contributed by atoms with E-state index in [-0.39, 0.29) is 5.56 Å². The molecule has 3 heterocycles. The van der Waals surface area contributed by atoms with Gasteiger partial charge in [0.15, 0.2) is 0 Å². The lowest BCUT2D eigenvalue weighted by Gasteiger charge is -2.31. The maximum Gasteiger partial charge on any atom is 0.335 e. The number of carbonyl (C=O) groups is 1. The molecule has 2 aromatic rings. The van der Waals surface area contributed by atoms with E-state index in [1.807, 2.05) is 10.7 Å². The quantitative estimate of drug-likeness (QED) is 0.895. The van der Waals surface area contributed by atoms with Gasteiger partial charge in [-0.25, -0.2) is 9.48 Å². The molecule has 1 fully saturated rings. The molecule has 4 rings (SSSR count). The number of carboxylic acid groups (broad SMARTS) is 1. The minimum atomic E-state index is -0.912. The summed E-state index contributed by atoms with van der Waals surface area (Å²) in [4.78, 5) is 13.8. The van der Waals surface area contributed by atoms with Gasteiger partial charge in [0.2, 0.25) is 0 Å². The van der Waals surface area contributed by atoms with Crippen molar-refractivity contribution in [1.82, 2.24) is 14.7 Å². The number of piperidine rings is 1. The molecule has 0 radical (unpaired) electrons. The molecular weight excluding hydrogens is 316 g/mol. The number of anilines is 1. The number of aromatic carboxylic acids is 1. The molecule has 2 N–H and O–H groups in total. The molecule has 1 atom stereocenters. The summed E-state index contributed by atoms with van der Waals surface area (Å²) in [5.74, 6) is 0.585. The van der Waals surface area contributed by atoms with Gasteiger partial charge in [0, 0.05) is 24.6 Å². The molecule has 25 heavy (non-hydrogen) atoms. The molecule has 6 nitrogen and oxygen atoms in total. The van der Waals surface area contributed by atoms with E-state index in [2.05, 4.69) is 17.1 Å². The van der Waals surface area contributed by atoms with Gasteiger partial charge in [-0.05, 0) is 50.6 Å². The number of rotatable bonds is 4. The van der Waals surface area contributed by atoms with Gasteiger partial charge in [-0.1, -0.05) is 13.0 Å². The highest BCUT2D eigenvalue weighted by molar-refractivity contribution is 5.88. The first-order chi connectivity index (χ1) is 12.2. The van der Waals surface area contributed by atoms with Crippen LogP contribution in [0.4, 0.5) is 5.82 Å². The Labute approximate surface area is 147 Å². The van der Waals surface area contributed by atoms with Crippen molar-refractivity contribution < 1.29 is 9.90 Å². The summed E-state index contributed by atoms with van der Waals surface area (Å²) in [6.07, 6.45) is 3.38. The molecule has 0 bridgehead atoms. The molecule has 0 saturated carbocycles. The largest absolute Gasteiger partial charge is 0.478 e. The number of aromatic nitrogens is 2. The van der Waals surface area contributed by atoms with Crippen LogP contribution in [0.15, 0.2) is 24.3 Å². The van der Waals surface area contributed by atoms with Crippen molar-refractivity contribution in [2.24, 2.45) is 0 Å². The van der Waals surface area contributed by atoms with E-state index in [0.717, 1.165) is 37.6 Å². The molecule has 1 saturated heterocycles. The van der Waals surface area contributed by atoms with Crippen molar-refractivity contribution in [3.8, 4) is 5.69 Å². The number of hydrogen-bond donors (Lipinski definition) is 2. The summed E-state index contributed by atoms with van der Waals surface area (Å²) < 4.78 is 1.90. The number of carboxylic acids is 1. The Hall–Kier alpha value is -2.34. The molecule has 132 valence electrons. The van der Waals surface area contributed by atoms with Crippen molar-refractivity contribution in [3.63, 3.8) is 0 Å². The van der Waals surface area contributed by atoms with Crippen LogP contribution >= 0.6 is 0 Å². The first-order valence-corrected chi connectivity index (χ1v) is 9.09. The average molecular weight is 340 g/mol. The molecule has 1 unspecified atom stereocenters. The smallest absolute Gasteiger partial charge is 0.335 e. The minimum absolute atomic E-state index is 0.288. The van der Waals surface area contributed by atoms with E-state index < -0.39 is 5.97 Å². The highest BCUT2D eigenvalue weighted by atomic mass is 16.4. The van der Waals surface area contributed by atoms with E-state index in [1.54, 1.807) is 18.2 Å². The van der Waals surface area contributed by atoms with Gasteiger partial charge in [0.25, 0.3) is 0 Å². The molecule has 1 aromatic heterocycles. The molecule has 0 aliphatic carbocycles. The van der Waals surface area contributed by atoms with Crippen LogP contribution in [-0.4, -0.2) is 51.9 Å². The molecule has 0 spiro atoms. The van der Waals surface area contributed by atoms with Crippen LogP contribution in [0, 0.1) is 0 Å². The highest BCUT2D eigenvalue weighted by Gasteiger charge is 2.30. The van der Waals surface area contributed by atoms with E-state index >= 15 is 0 Å². The lowest BCUT2D eigenvalue weighted by atomic mass is 9.92. The molecule has 2 aliphatic heterocycles. The highest BCUT2D eigenvalue weighted by Crippen LogP contribution is 2.36. The third kappa shape index (κ3) is 2.91. The second-order valence-corrected chi connectivity index (χ2v) is 6.89. The first-order valence-electron chi connectivity index (χ1n) is 9.09. The van der Waals surface area contributed by atoms with Gasteiger partial charge in [-0.15, -0.1) is 0 Å². The first kappa shape index (κ1) is 16.1. The Morgan fingerprint density at radius 1 is 1.44 bits per heavy atom. The van der Waals surface area contributed by atoms with Gasteiger partial charge < -0.3 is 15.3 Å². The van der Waals surface area contributed by atoms with Crippen LogP contribution in [0.25, 0.3) is 5.69 Å². The SMILES string of the molecule is CCN1CCCC(c2nn(-c3cccc(C(=O)O)c3)c3c2CCN3)C1. The zero-order chi connectivity index (χ0) is 17.4. The Balaban J connectivity index is 1.73. The second kappa shape index (κ2) is 6.52. The lowest BCUT2D eigenvalue weighted by Crippen LogP contribution is -2.34. The number of fused-ring (bicyclic) bond motifs is 1. The van der Waals surface area contributed by atoms with Crippen LogP contribution in [0.5, 0.6) is 0 Å². The second-order valence-electron chi connectivity index (χ2n) is 6.89. The van der Waals surface area contributed by atoms with E-state index in [4.69, 9.17) is 5.10 Å². The van der Waals surface area contributed by atoms with Crippen molar-refractivity contribution in [1.29, 1.82) is 0 Å². The molecule has 1 aromatic carbocycles. The van der Waals surface area contributed by atoms with Crippen molar-refractivity contribution in [2.75, 3.05) is 31.5 Å². The normalized spacial score (nSPS) is 20.3. The predicted octanol–water partition coefficient (Wildman–Crippen LogP) is 2.74. The number of nitrogens with zero attached hydrogens (tertiary/aromatic N) is 3. The Bertz CT molecular complexity index is 799. The van der Waals surface area contributed by atoms with E-state index in [1.165, 1.54) is 30.6 Å². The van der Waals surface area contributed by atoms with Gasteiger partial charge >= 0.3 is 5.97 Å². The number of nitrogens with one attached hydrogen (secondary N) is 1. The summed E-state index contributed by atoms with van der Waals surface area (Å²) in [6.45, 7) is 6.45. The molecule has 2 aliphatic rings. The van der Waals surface area contributed by atoms with Crippen LogP contribution in [0.1, 0.15) is 47.3 Å². The van der Waals surface area contributed by atoms with Crippen LogP contribution in [0.2, 0.25) is 0 Å². The monoisotopic (exact) mass is 340 g/mol. The van der Waals surface area contributed by atoms with Crippen LogP contribution in [-0.2, 0) is 6.42 Å². The van der Waals surface area contributed by atoms with Crippen molar-refractivity contribution in [2.45, 2.75) is 32.1 Å². The minimum Gasteiger partial charge on any atom is -0.478 e.